The summed E-state index contributed by atoms with van der Waals surface area (Å²) >= 11 is 0. The number of hydrogen-bond donors (Lipinski definition) is 0. The Kier molecular flexibility index (Phi) is 4.53. The molecule has 0 radical (unpaired) electrons. The second-order valence-corrected chi connectivity index (χ2v) is 5.67. The van der Waals surface area contributed by atoms with Gasteiger partial charge in [-0.05, 0) is 30.4 Å². The zero-order valence-corrected chi connectivity index (χ0v) is 12.5. The normalized spacial score (nSPS) is 21.9. The standard InChI is InChI=1S/C16H23NO3/c1-4-16(2)9-10-17(12-16)15(18)11-20-14-8-6-5-7-13(14)19-3/h5-8H,4,9-12H2,1-3H3. The van der Waals surface area contributed by atoms with Gasteiger partial charge in [-0.15, -0.1) is 0 Å². The van der Waals surface area contributed by atoms with Gasteiger partial charge < -0.3 is 14.4 Å². The first kappa shape index (κ1) is 14.7. The van der Waals surface area contributed by atoms with E-state index in [1.807, 2.05) is 29.2 Å². The molecule has 1 aromatic carbocycles. The van der Waals surface area contributed by atoms with Gasteiger partial charge >= 0.3 is 0 Å². The van der Waals surface area contributed by atoms with Crippen LogP contribution in [0.1, 0.15) is 26.7 Å². The predicted octanol–water partition coefficient (Wildman–Crippen LogP) is 2.72. The van der Waals surface area contributed by atoms with E-state index in [1.54, 1.807) is 7.11 Å². The lowest BCUT2D eigenvalue weighted by Crippen LogP contribution is -2.34. The van der Waals surface area contributed by atoms with Gasteiger partial charge in [0.15, 0.2) is 18.1 Å². The Balaban J connectivity index is 1.90. The van der Waals surface area contributed by atoms with Gasteiger partial charge in [-0.25, -0.2) is 0 Å². The molecule has 0 aliphatic carbocycles. The van der Waals surface area contributed by atoms with E-state index < -0.39 is 0 Å². The molecule has 1 atom stereocenters. The number of ether oxygens (including phenoxy) is 2. The molecule has 1 amide bonds. The molecule has 110 valence electrons. The maximum atomic E-state index is 12.2. The van der Waals surface area contributed by atoms with Crippen molar-refractivity contribution in [1.29, 1.82) is 0 Å². The Morgan fingerprint density at radius 1 is 1.35 bits per heavy atom. The van der Waals surface area contributed by atoms with Crippen LogP contribution in [-0.4, -0.2) is 37.6 Å². The van der Waals surface area contributed by atoms with E-state index in [0.29, 0.717) is 11.5 Å². The molecule has 0 N–H and O–H groups in total. The fourth-order valence-electron chi connectivity index (χ4n) is 2.49. The number of hydrogen-bond acceptors (Lipinski definition) is 3. The van der Waals surface area contributed by atoms with Crippen LogP contribution in [0.2, 0.25) is 0 Å². The number of nitrogens with zero attached hydrogens (tertiary/aromatic N) is 1. The van der Waals surface area contributed by atoms with Gasteiger partial charge in [0.2, 0.25) is 0 Å². The maximum Gasteiger partial charge on any atom is 0.260 e. The number of amides is 1. The Labute approximate surface area is 120 Å². The number of para-hydroxylation sites is 2. The van der Waals surface area contributed by atoms with Gasteiger partial charge in [-0.3, -0.25) is 4.79 Å². The summed E-state index contributed by atoms with van der Waals surface area (Å²) < 4.78 is 10.8. The molecule has 0 saturated carbocycles. The van der Waals surface area contributed by atoms with Crippen molar-refractivity contribution in [3.05, 3.63) is 24.3 Å². The van der Waals surface area contributed by atoms with E-state index in [0.717, 1.165) is 25.9 Å². The maximum absolute atomic E-state index is 12.2. The van der Waals surface area contributed by atoms with Crippen molar-refractivity contribution in [2.45, 2.75) is 26.7 Å². The Morgan fingerprint density at radius 2 is 2.05 bits per heavy atom. The summed E-state index contributed by atoms with van der Waals surface area (Å²) in [5, 5.41) is 0. The molecule has 1 fully saturated rings. The molecule has 1 aliphatic heterocycles. The quantitative estimate of drug-likeness (QED) is 0.830. The molecule has 1 aromatic rings. The lowest BCUT2D eigenvalue weighted by atomic mass is 9.87. The highest BCUT2D eigenvalue weighted by Crippen LogP contribution is 2.33. The first-order valence-electron chi connectivity index (χ1n) is 7.11. The molecule has 1 aliphatic rings. The predicted molar refractivity (Wildman–Crippen MR) is 78.1 cm³/mol. The van der Waals surface area contributed by atoms with Gasteiger partial charge in [-0.1, -0.05) is 26.0 Å². The molecule has 0 aromatic heterocycles. The van der Waals surface area contributed by atoms with E-state index in [2.05, 4.69) is 13.8 Å². The summed E-state index contributed by atoms with van der Waals surface area (Å²) in [4.78, 5) is 14.1. The van der Waals surface area contributed by atoms with E-state index in [1.165, 1.54) is 0 Å². The fraction of sp³-hybridized carbons (Fsp3) is 0.562. The van der Waals surface area contributed by atoms with Crippen molar-refractivity contribution in [2.75, 3.05) is 26.8 Å². The highest BCUT2D eigenvalue weighted by Gasteiger charge is 2.34. The van der Waals surface area contributed by atoms with E-state index in [9.17, 15) is 4.79 Å². The van der Waals surface area contributed by atoms with Crippen LogP contribution < -0.4 is 9.47 Å². The number of carbonyl (C=O) groups is 1. The Morgan fingerprint density at radius 3 is 2.65 bits per heavy atom. The molecule has 4 heteroatoms. The summed E-state index contributed by atoms with van der Waals surface area (Å²) in [6, 6.07) is 7.38. The molecule has 0 spiro atoms. The molecule has 4 nitrogen and oxygen atoms in total. The van der Waals surface area contributed by atoms with E-state index in [4.69, 9.17) is 9.47 Å². The number of benzene rings is 1. The second-order valence-electron chi connectivity index (χ2n) is 5.67. The second kappa shape index (κ2) is 6.16. The largest absolute Gasteiger partial charge is 0.493 e. The Hall–Kier alpha value is -1.71. The van der Waals surface area contributed by atoms with Crippen LogP contribution >= 0.6 is 0 Å². The number of methoxy groups -OCH3 is 1. The van der Waals surface area contributed by atoms with Crippen molar-refractivity contribution < 1.29 is 14.3 Å². The minimum Gasteiger partial charge on any atom is -0.493 e. The van der Waals surface area contributed by atoms with E-state index in [-0.39, 0.29) is 17.9 Å². The van der Waals surface area contributed by atoms with Gasteiger partial charge in [0, 0.05) is 13.1 Å². The zero-order valence-electron chi connectivity index (χ0n) is 12.5. The topological polar surface area (TPSA) is 38.8 Å². The van der Waals surface area contributed by atoms with Gasteiger partial charge in [-0.2, -0.15) is 0 Å². The van der Waals surface area contributed by atoms with Crippen LogP contribution in [0.25, 0.3) is 0 Å². The zero-order chi connectivity index (χ0) is 14.6. The molecular weight excluding hydrogens is 254 g/mol. The summed E-state index contributed by atoms with van der Waals surface area (Å²) in [5.41, 5.74) is 0.264. The SMILES string of the molecule is CCC1(C)CCN(C(=O)COc2ccccc2OC)C1. The van der Waals surface area contributed by atoms with Crippen molar-refractivity contribution in [1.82, 2.24) is 4.90 Å². The average Bonchev–Trinajstić information content (AvgIpc) is 2.88. The lowest BCUT2D eigenvalue weighted by Gasteiger charge is -2.22. The fourth-order valence-corrected chi connectivity index (χ4v) is 2.49. The van der Waals surface area contributed by atoms with Crippen molar-refractivity contribution in [3.63, 3.8) is 0 Å². The molecule has 1 unspecified atom stereocenters. The third-order valence-electron chi connectivity index (χ3n) is 4.18. The van der Waals surface area contributed by atoms with Crippen LogP contribution in [0, 0.1) is 5.41 Å². The Bertz CT molecular complexity index is 475. The molecule has 1 saturated heterocycles. The number of rotatable bonds is 5. The monoisotopic (exact) mass is 277 g/mol. The van der Waals surface area contributed by atoms with Gasteiger partial charge in [0.05, 0.1) is 7.11 Å². The number of carbonyl (C=O) groups excluding carboxylic acids is 1. The first-order valence-corrected chi connectivity index (χ1v) is 7.11. The summed E-state index contributed by atoms with van der Waals surface area (Å²) in [5.74, 6) is 1.31. The van der Waals surface area contributed by atoms with Crippen molar-refractivity contribution in [3.8, 4) is 11.5 Å². The molecule has 1 heterocycles. The minimum absolute atomic E-state index is 0.0491. The van der Waals surface area contributed by atoms with Crippen molar-refractivity contribution >= 4 is 5.91 Å². The highest BCUT2D eigenvalue weighted by molar-refractivity contribution is 5.78. The third-order valence-corrected chi connectivity index (χ3v) is 4.18. The van der Waals surface area contributed by atoms with E-state index >= 15 is 0 Å². The number of likely N-dealkylation sites (tertiary alicyclic amines) is 1. The average molecular weight is 277 g/mol. The highest BCUT2D eigenvalue weighted by atomic mass is 16.5. The van der Waals surface area contributed by atoms with Gasteiger partial charge in [0.25, 0.3) is 5.91 Å². The molecule has 2 rings (SSSR count). The third kappa shape index (κ3) is 3.24. The summed E-state index contributed by atoms with van der Waals surface area (Å²) in [6.07, 6.45) is 2.17. The van der Waals surface area contributed by atoms with Crippen LogP contribution in [0.5, 0.6) is 11.5 Å². The molecule has 20 heavy (non-hydrogen) atoms. The minimum atomic E-state index is 0.0491. The van der Waals surface area contributed by atoms with Crippen LogP contribution in [0.15, 0.2) is 24.3 Å². The van der Waals surface area contributed by atoms with Crippen LogP contribution in [0.3, 0.4) is 0 Å². The van der Waals surface area contributed by atoms with Gasteiger partial charge in [0.1, 0.15) is 0 Å². The smallest absolute Gasteiger partial charge is 0.260 e. The van der Waals surface area contributed by atoms with Crippen molar-refractivity contribution in [2.24, 2.45) is 5.41 Å². The summed E-state index contributed by atoms with van der Waals surface area (Å²) in [6.45, 7) is 6.15. The lowest BCUT2D eigenvalue weighted by molar-refractivity contribution is -0.132. The first-order chi connectivity index (χ1) is 9.58. The molecular formula is C16H23NO3. The summed E-state index contributed by atoms with van der Waals surface area (Å²) in [7, 11) is 1.59. The van der Waals surface area contributed by atoms with Crippen LogP contribution in [0.4, 0.5) is 0 Å². The van der Waals surface area contributed by atoms with Crippen LogP contribution in [-0.2, 0) is 4.79 Å². The molecule has 0 bridgehead atoms.